The molecule has 3 aromatic carbocycles. The molecule has 43 heavy (non-hydrogen) atoms. The van der Waals surface area contributed by atoms with Gasteiger partial charge in [-0.25, -0.2) is 8.91 Å². The number of nitrogens with zero attached hydrogens (tertiary/aromatic N) is 3. The molecule has 2 aromatic heterocycles. The first-order valence-corrected chi connectivity index (χ1v) is 12.9. The van der Waals surface area contributed by atoms with Gasteiger partial charge in [0, 0.05) is 23.0 Å². The van der Waals surface area contributed by atoms with Crippen LogP contribution in [0.25, 0.3) is 16.8 Å². The molecule has 0 saturated carbocycles. The number of hydrogen-bond acceptors (Lipinski definition) is 6. The van der Waals surface area contributed by atoms with E-state index in [0.29, 0.717) is 16.9 Å². The molecule has 0 aliphatic rings. The molecule has 0 fully saturated rings. The molecule has 0 spiro atoms. The number of hydrogen-bond donors (Lipinski definition) is 3. The van der Waals surface area contributed by atoms with Gasteiger partial charge in [0.2, 0.25) is 17.8 Å². The maximum atomic E-state index is 13.2. The number of alkyl halides is 3. The first-order valence-electron chi connectivity index (χ1n) is 12.9. The highest BCUT2D eigenvalue weighted by atomic mass is 19.4. The van der Waals surface area contributed by atoms with Crippen molar-refractivity contribution < 1.29 is 31.9 Å². The van der Waals surface area contributed by atoms with E-state index < -0.39 is 24.6 Å². The zero-order chi connectivity index (χ0) is 30.7. The van der Waals surface area contributed by atoms with Gasteiger partial charge in [-0.1, -0.05) is 24.3 Å². The number of halogens is 4. The van der Waals surface area contributed by atoms with Crippen LogP contribution in [-0.2, 0) is 4.79 Å². The molecule has 1 atom stereocenters. The Balaban J connectivity index is 1.30. The van der Waals surface area contributed by atoms with Crippen LogP contribution in [0.2, 0.25) is 0 Å². The second-order valence-corrected chi connectivity index (χ2v) is 9.60. The summed E-state index contributed by atoms with van der Waals surface area (Å²) in [6, 6.07) is 20.2. The molecule has 0 unspecified atom stereocenters. The molecule has 13 heteroatoms. The minimum Gasteiger partial charge on any atom is -0.482 e. The van der Waals surface area contributed by atoms with E-state index in [1.54, 1.807) is 43.5 Å². The van der Waals surface area contributed by atoms with Gasteiger partial charge in [0.1, 0.15) is 11.6 Å². The lowest BCUT2D eigenvalue weighted by Gasteiger charge is -2.14. The zero-order valence-corrected chi connectivity index (χ0v) is 22.5. The van der Waals surface area contributed by atoms with Gasteiger partial charge in [-0.3, -0.25) is 9.59 Å². The summed E-state index contributed by atoms with van der Waals surface area (Å²) >= 11 is 0. The topological polar surface area (TPSA) is 124 Å². The average molecular weight is 593 g/mol. The van der Waals surface area contributed by atoms with E-state index in [9.17, 15) is 27.2 Å². The van der Waals surface area contributed by atoms with E-state index in [2.05, 4.69) is 20.7 Å². The monoisotopic (exact) mass is 592 g/mol. The summed E-state index contributed by atoms with van der Waals surface area (Å²) < 4.78 is 57.9. The van der Waals surface area contributed by atoms with Gasteiger partial charge in [-0.2, -0.15) is 18.2 Å². The van der Waals surface area contributed by atoms with E-state index in [0.717, 1.165) is 17.2 Å². The molecule has 4 N–H and O–H groups in total. The van der Waals surface area contributed by atoms with Crippen molar-refractivity contribution in [1.82, 2.24) is 14.6 Å². The van der Waals surface area contributed by atoms with Crippen LogP contribution in [0.5, 0.6) is 5.75 Å². The van der Waals surface area contributed by atoms with E-state index >= 15 is 0 Å². The van der Waals surface area contributed by atoms with Gasteiger partial charge >= 0.3 is 6.18 Å². The third-order valence-corrected chi connectivity index (χ3v) is 6.48. The molecule has 0 aliphatic heterocycles. The molecule has 5 aromatic rings. The fourth-order valence-corrected chi connectivity index (χ4v) is 4.18. The number of anilines is 3. The van der Waals surface area contributed by atoms with Crippen molar-refractivity contribution >= 4 is 34.8 Å². The van der Waals surface area contributed by atoms with Crippen LogP contribution in [0.1, 0.15) is 28.8 Å². The molecule has 0 saturated heterocycles. The number of primary amides is 1. The quantitative estimate of drug-likeness (QED) is 0.179. The highest BCUT2D eigenvalue weighted by molar-refractivity contribution is 5.96. The van der Waals surface area contributed by atoms with Crippen LogP contribution in [0.15, 0.2) is 85.1 Å². The van der Waals surface area contributed by atoms with Crippen LogP contribution >= 0.6 is 0 Å². The first kappa shape index (κ1) is 29.0. The number of carbonyl (C=O) groups excluding carboxylic acids is 2. The Labute approximate surface area is 242 Å². The maximum absolute atomic E-state index is 13.2. The minimum absolute atomic E-state index is 0.0247. The lowest BCUT2D eigenvalue weighted by molar-refractivity contribution is -0.153. The van der Waals surface area contributed by atoms with E-state index in [4.69, 9.17) is 10.5 Å². The molecular weight excluding hydrogens is 568 g/mol. The summed E-state index contributed by atoms with van der Waals surface area (Å²) in [6.45, 7) is 0.168. The fraction of sp³-hybridized carbons (Fsp3) is 0.133. The lowest BCUT2D eigenvalue weighted by atomic mass is 10.00. The van der Waals surface area contributed by atoms with Crippen molar-refractivity contribution in [2.24, 2.45) is 5.73 Å². The maximum Gasteiger partial charge on any atom is 0.422 e. The number of fused-ring (bicyclic) bond motifs is 1. The highest BCUT2D eigenvalue weighted by Crippen LogP contribution is 2.30. The summed E-state index contributed by atoms with van der Waals surface area (Å²) in [4.78, 5) is 28.5. The van der Waals surface area contributed by atoms with Gasteiger partial charge in [0.05, 0.1) is 11.6 Å². The Hall–Kier alpha value is -5.46. The Morgan fingerprint density at radius 2 is 1.67 bits per heavy atom. The Morgan fingerprint density at radius 1 is 0.977 bits per heavy atom. The number of benzene rings is 3. The summed E-state index contributed by atoms with van der Waals surface area (Å²) in [6.07, 6.45) is -2.88. The minimum atomic E-state index is -4.59. The van der Waals surface area contributed by atoms with Gasteiger partial charge < -0.3 is 21.1 Å². The third-order valence-electron chi connectivity index (χ3n) is 6.48. The third kappa shape index (κ3) is 7.07. The second-order valence-electron chi connectivity index (χ2n) is 9.60. The normalized spacial score (nSPS) is 12.1. The van der Waals surface area contributed by atoms with E-state index in [1.807, 2.05) is 18.2 Å². The van der Waals surface area contributed by atoms with Crippen molar-refractivity contribution in [3.05, 3.63) is 102 Å². The highest BCUT2D eigenvalue weighted by Gasteiger charge is 2.29. The van der Waals surface area contributed by atoms with E-state index in [-0.39, 0.29) is 34.7 Å². The van der Waals surface area contributed by atoms with Crippen LogP contribution in [0, 0.1) is 5.82 Å². The first-order chi connectivity index (χ1) is 20.4. The molecule has 0 aliphatic carbocycles. The number of carbonyl (C=O) groups is 2. The Bertz CT molecular complexity index is 1790. The largest absolute Gasteiger partial charge is 0.482 e. The average Bonchev–Trinajstić information content (AvgIpc) is 3.38. The number of aromatic nitrogens is 3. The van der Waals surface area contributed by atoms with Gasteiger partial charge in [-0.05, 0) is 72.6 Å². The number of ether oxygens (including phenoxy) is 1. The SMILES string of the molecule is C[C@@H](C(=O)Nc1ccc(-c2ccc3nc(Nc4ccc(C(N)=O)cc4OCC(F)(F)F)nn3c2)cc1)c1ccc(F)cc1. The summed E-state index contributed by atoms with van der Waals surface area (Å²) in [5.74, 6) is -2.08. The lowest BCUT2D eigenvalue weighted by Crippen LogP contribution is -2.20. The number of amides is 2. The molecule has 0 bridgehead atoms. The molecule has 2 amide bonds. The van der Waals surface area contributed by atoms with Crippen molar-refractivity contribution in [3.8, 4) is 16.9 Å². The van der Waals surface area contributed by atoms with Crippen molar-refractivity contribution in [2.45, 2.75) is 19.0 Å². The van der Waals surface area contributed by atoms with Gasteiger partial charge in [0.15, 0.2) is 12.3 Å². The predicted molar refractivity (Wildman–Crippen MR) is 152 cm³/mol. The zero-order valence-electron chi connectivity index (χ0n) is 22.5. The number of pyridine rings is 1. The van der Waals surface area contributed by atoms with Gasteiger partial charge in [0.25, 0.3) is 0 Å². The molecule has 0 radical (unpaired) electrons. The molecular formula is C30H24F4N6O3. The van der Waals surface area contributed by atoms with Crippen LogP contribution in [0.3, 0.4) is 0 Å². The number of rotatable bonds is 9. The smallest absolute Gasteiger partial charge is 0.422 e. The van der Waals surface area contributed by atoms with Crippen LogP contribution < -0.4 is 21.1 Å². The van der Waals surface area contributed by atoms with Crippen molar-refractivity contribution in [2.75, 3.05) is 17.2 Å². The van der Waals surface area contributed by atoms with Crippen molar-refractivity contribution in [1.29, 1.82) is 0 Å². The Kier molecular flexibility index (Phi) is 7.97. The molecule has 9 nitrogen and oxygen atoms in total. The molecule has 220 valence electrons. The summed E-state index contributed by atoms with van der Waals surface area (Å²) in [5.41, 5.74) is 8.67. The van der Waals surface area contributed by atoms with Crippen molar-refractivity contribution in [3.63, 3.8) is 0 Å². The Morgan fingerprint density at radius 3 is 2.35 bits per heavy atom. The molecule has 2 heterocycles. The van der Waals surface area contributed by atoms with E-state index in [1.165, 1.54) is 28.8 Å². The van der Waals surface area contributed by atoms with Gasteiger partial charge in [-0.15, -0.1) is 5.10 Å². The second kappa shape index (κ2) is 11.8. The number of nitrogens with one attached hydrogen (secondary N) is 2. The number of nitrogens with two attached hydrogens (primary N) is 1. The summed E-state index contributed by atoms with van der Waals surface area (Å²) in [7, 11) is 0. The standard InChI is InChI=1S/C30H24F4N6O3/c1-17(18-2-8-22(31)9-3-18)28(42)36-23-10-4-19(5-11-23)21-7-13-26-38-29(39-40(26)15-21)37-24-12-6-20(27(35)41)14-25(24)43-16-30(32,33)34/h2-15,17H,16H2,1H3,(H2,35,41)(H,36,42)(H,37,39)/t17-/m1/s1. The predicted octanol–water partition coefficient (Wildman–Crippen LogP) is 6.06. The summed E-state index contributed by atoms with van der Waals surface area (Å²) in [5, 5.41) is 10.0. The molecule has 5 rings (SSSR count). The van der Waals surface area contributed by atoms with Crippen LogP contribution in [-0.4, -0.2) is 39.2 Å². The van der Waals surface area contributed by atoms with Crippen LogP contribution in [0.4, 0.5) is 34.9 Å². The fourth-order valence-electron chi connectivity index (χ4n) is 4.18.